The highest BCUT2D eigenvalue weighted by Gasteiger charge is 2.31. The lowest BCUT2D eigenvalue weighted by atomic mass is 10.2. The Hall–Kier alpha value is -0.650. The maximum absolute atomic E-state index is 11.3. The maximum atomic E-state index is 11.3. The van der Waals surface area contributed by atoms with E-state index in [0.717, 1.165) is 0 Å². The zero-order valence-corrected chi connectivity index (χ0v) is 9.64. The molecule has 1 atom stereocenters. The Morgan fingerprint density at radius 3 is 2.60 bits per heavy atom. The molecule has 0 spiro atoms. The minimum absolute atomic E-state index is 0.119. The normalized spacial score (nSPS) is 24.9. The van der Waals surface area contributed by atoms with Gasteiger partial charge in [0, 0.05) is 6.54 Å². The molecule has 1 N–H and O–H groups in total. The van der Waals surface area contributed by atoms with E-state index in [1.807, 2.05) is 0 Å². The molecule has 6 nitrogen and oxygen atoms in total. The maximum Gasteiger partial charge on any atom is 0.225 e. The number of hydrogen-bond acceptors (Lipinski definition) is 5. The van der Waals surface area contributed by atoms with Gasteiger partial charge in [-0.1, -0.05) is 0 Å². The smallest absolute Gasteiger partial charge is 0.225 e. The molecule has 1 heterocycles. The summed E-state index contributed by atoms with van der Waals surface area (Å²) in [7, 11) is -6.78. The fourth-order valence-corrected chi connectivity index (χ4v) is 4.04. The van der Waals surface area contributed by atoms with Crippen molar-refractivity contribution in [3.63, 3.8) is 0 Å². The topological polar surface area (TPSA) is 104 Å². The zero-order valence-electron chi connectivity index (χ0n) is 8.01. The minimum Gasteiger partial charge on any atom is -0.229 e. The van der Waals surface area contributed by atoms with Gasteiger partial charge in [0.15, 0.2) is 15.6 Å². The second-order valence-corrected chi connectivity index (χ2v) is 7.60. The molecule has 0 aromatic carbocycles. The summed E-state index contributed by atoms with van der Waals surface area (Å²) in [5.41, 5.74) is 0. The van der Waals surface area contributed by atoms with E-state index in [0.29, 0.717) is 12.8 Å². The Morgan fingerprint density at radius 2 is 2.13 bits per heavy atom. The molecule has 0 amide bonds. The van der Waals surface area contributed by atoms with Gasteiger partial charge in [0.1, 0.15) is 0 Å². The van der Waals surface area contributed by atoms with Crippen LogP contribution in [-0.4, -0.2) is 40.1 Å². The van der Waals surface area contributed by atoms with E-state index in [-0.39, 0.29) is 12.3 Å². The molecule has 0 radical (unpaired) electrons. The van der Waals surface area contributed by atoms with Crippen LogP contribution in [0.2, 0.25) is 0 Å². The van der Waals surface area contributed by atoms with Crippen molar-refractivity contribution >= 4 is 19.9 Å². The monoisotopic (exact) mass is 252 g/mol. The predicted molar refractivity (Wildman–Crippen MR) is 54.2 cm³/mol. The highest BCUT2D eigenvalue weighted by atomic mass is 32.2. The second-order valence-electron chi connectivity index (χ2n) is 3.40. The van der Waals surface area contributed by atoms with Gasteiger partial charge in [-0.2, -0.15) is 5.26 Å². The van der Waals surface area contributed by atoms with Crippen molar-refractivity contribution in [1.29, 1.82) is 5.26 Å². The molecule has 0 aromatic rings. The summed E-state index contributed by atoms with van der Waals surface area (Å²) in [5, 5.41) is 7.58. The molecule has 1 aliphatic rings. The third-order valence-electron chi connectivity index (χ3n) is 2.25. The van der Waals surface area contributed by atoms with Gasteiger partial charge in [0.05, 0.1) is 17.1 Å². The predicted octanol–water partition coefficient (Wildman–Crippen LogP) is -0.993. The molecule has 0 aromatic heterocycles. The summed E-state index contributed by atoms with van der Waals surface area (Å²) in [6.45, 7) is -0.119. The molecule has 86 valence electrons. The SMILES string of the molecule is N#CCS(=O)(=O)NCC1CCCS1(=O)=O. The van der Waals surface area contributed by atoms with E-state index >= 15 is 0 Å². The fraction of sp³-hybridized carbons (Fsp3) is 0.857. The van der Waals surface area contributed by atoms with Gasteiger partial charge in [0.2, 0.25) is 10.0 Å². The number of nitrogens with zero attached hydrogens (tertiary/aromatic N) is 1. The Kier molecular flexibility index (Phi) is 3.70. The fourth-order valence-electron chi connectivity index (χ4n) is 1.44. The van der Waals surface area contributed by atoms with Gasteiger partial charge >= 0.3 is 0 Å². The highest BCUT2D eigenvalue weighted by molar-refractivity contribution is 7.92. The van der Waals surface area contributed by atoms with Crippen LogP contribution in [-0.2, 0) is 19.9 Å². The van der Waals surface area contributed by atoms with Gasteiger partial charge in [-0.25, -0.2) is 21.6 Å². The van der Waals surface area contributed by atoms with Crippen molar-refractivity contribution in [3.8, 4) is 6.07 Å². The summed E-state index contributed by atoms with van der Waals surface area (Å²) < 4.78 is 46.9. The summed E-state index contributed by atoms with van der Waals surface area (Å²) in [6.07, 6.45) is 1.06. The van der Waals surface area contributed by atoms with Gasteiger partial charge < -0.3 is 0 Å². The largest absolute Gasteiger partial charge is 0.229 e. The van der Waals surface area contributed by atoms with E-state index in [1.54, 1.807) is 0 Å². The molecular formula is C7H12N2O4S2. The number of hydrogen-bond donors (Lipinski definition) is 1. The average Bonchev–Trinajstić information content (AvgIpc) is 2.41. The Morgan fingerprint density at radius 1 is 1.47 bits per heavy atom. The molecule has 1 aliphatic heterocycles. The van der Waals surface area contributed by atoms with Gasteiger partial charge in [-0.05, 0) is 12.8 Å². The summed E-state index contributed by atoms with van der Waals surface area (Å²) >= 11 is 0. The van der Waals surface area contributed by atoms with E-state index in [1.165, 1.54) is 6.07 Å². The number of nitrogens with one attached hydrogen (secondary N) is 1. The first-order valence-corrected chi connectivity index (χ1v) is 7.80. The molecule has 1 saturated heterocycles. The molecule has 0 aliphatic carbocycles. The van der Waals surface area contributed by atoms with Crippen LogP contribution in [0.4, 0.5) is 0 Å². The van der Waals surface area contributed by atoms with Crippen molar-refractivity contribution in [2.24, 2.45) is 0 Å². The van der Waals surface area contributed by atoms with Crippen LogP contribution >= 0.6 is 0 Å². The first-order valence-electron chi connectivity index (χ1n) is 4.43. The lowest BCUT2D eigenvalue weighted by Crippen LogP contribution is -2.35. The Labute approximate surface area is 89.3 Å². The average molecular weight is 252 g/mol. The third kappa shape index (κ3) is 3.44. The number of nitriles is 1. The number of sulfonamides is 1. The van der Waals surface area contributed by atoms with Gasteiger partial charge in [-0.3, -0.25) is 0 Å². The molecule has 8 heteroatoms. The van der Waals surface area contributed by atoms with E-state index in [2.05, 4.69) is 4.72 Å². The lowest BCUT2D eigenvalue weighted by Gasteiger charge is -2.09. The standard InChI is InChI=1S/C7H12N2O4S2/c8-3-5-15(12,13)9-6-7-2-1-4-14(7,10)11/h7,9H,1-2,4-6H2. The summed E-state index contributed by atoms with van der Waals surface area (Å²) in [6, 6.07) is 1.50. The lowest BCUT2D eigenvalue weighted by molar-refractivity contribution is 0.573. The third-order valence-corrected chi connectivity index (χ3v) is 5.64. The van der Waals surface area contributed by atoms with Crippen molar-refractivity contribution in [1.82, 2.24) is 4.72 Å². The number of sulfone groups is 1. The van der Waals surface area contributed by atoms with Crippen molar-refractivity contribution < 1.29 is 16.8 Å². The first-order chi connectivity index (χ1) is 6.87. The van der Waals surface area contributed by atoms with E-state index < -0.39 is 30.9 Å². The Balaban J connectivity index is 2.56. The van der Waals surface area contributed by atoms with Crippen LogP contribution in [0.1, 0.15) is 12.8 Å². The van der Waals surface area contributed by atoms with Crippen LogP contribution in [0.5, 0.6) is 0 Å². The summed E-state index contributed by atoms with van der Waals surface area (Å²) in [5.74, 6) is -0.516. The Bertz CT molecular complexity index is 460. The van der Waals surface area contributed by atoms with Crippen molar-refractivity contribution in [2.45, 2.75) is 18.1 Å². The summed E-state index contributed by atoms with van der Waals surface area (Å²) in [4.78, 5) is 0. The molecule has 0 bridgehead atoms. The molecule has 1 unspecified atom stereocenters. The first kappa shape index (κ1) is 12.4. The van der Waals surface area contributed by atoms with Crippen molar-refractivity contribution in [3.05, 3.63) is 0 Å². The van der Waals surface area contributed by atoms with E-state index in [9.17, 15) is 16.8 Å². The minimum atomic E-state index is -3.64. The van der Waals surface area contributed by atoms with Crippen molar-refractivity contribution in [2.75, 3.05) is 18.1 Å². The molecule has 15 heavy (non-hydrogen) atoms. The van der Waals surface area contributed by atoms with Gasteiger partial charge in [0.25, 0.3) is 0 Å². The molecule has 1 fully saturated rings. The van der Waals surface area contributed by atoms with Crippen LogP contribution in [0.25, 0.3) is 0 Å². The zero-order chi connectivity index (χ0) is 11.5. The highest BCUT2D eigenvalue weighted by Crippen LogP contribution is 2.19. The quantitative estimate of drug-likeness (QED) is 0.691. The van der Waals surface area contributed by atoms with Crippen LogP contribution in [0.15, 0.2) is 0 Å². The van der Waals surface area contributed by atoms with Crippen LogP contribution in [0.3, 0.4) is 0 Å². The molecule has 1 rings (SSSR count). The van der Waals surface area contributed by atoms with E-state index in [4.69, 9.17) is 5.26 Å². The number of rotatable bonds is 4. The van der Waals surface area contributed by atoms with Gasteiger partial charge in [-0.15, -0.1) is 0 Å². The molecule has 0 saturated carbocycles. The molecular weight excluding hydrogens is 240 g/mol. The van der Waals surface area contributed by atoms with Crippen LogP contribution < -0.4 is 4.72 Å². The second kappa shape index (κ2) is 4.47. The van der Waals surface area contributed by atoms with Crippen LogP contribution in [0, 0.1) is 11.3 Å².